The number of carbonyl (C=O) groups excluding carboxylic acids is 4. The Morgan fingerprint density at radius 1 is 1.43 bits per heavy atom. The second kappa shape index (κ2) is 9.20. The normalized spacial score (nSPS) is 21.6. The number of nitrogens with one attached hydrogen (secondary N) is 1. The molecule has 2 aliphatic rings. The predicted molar refractivity (Wildman–Crippen MR) is 100 cm³/mol. The van der Waals surface area contributed by atoms with E-state index in [0.717, 1.165) is 6.42 Å². The molecule has 1 radical (unpaired) electrons. The molecule has 0 aromatic rings. The lowest BCUT2D eigenvalue weighted by atomic mass is 10.0. The summed E-state index contributed by atoms with van der Waals surface area (Å²) in [7, 11) is -4.65. The quantitative estimate of drug-likeness (QED) is 0.591. The second-order valence-corrected chi connectivity index (χ2v) is 8.36. The number of aliphatic imine (C=N–C) groups is 1. The van der Waals surface area contributed by atoms with Gasteiger partial charge in [0.15, 0.2) is 11.6 Å². The zero-order valence-corrected chi connectivity index (χ0v) is 16.3. The Morgan fingerprint density at radius 3 is 2.79 bits per heavy atom. The van der Waals surface area contributed by atoms with Gasteiger partial charge in [0, 0.05) is 18.5 Å². The van der Waals surface area contributed by atoms with Gasteiger partial charge in [-0.1, -0.05) is 13.0 Å². The summed E-state index contributed by atoms with van der Waals surface area (Å²) in [4.78, 5) is 52.2. The fourth-order valence-corrected chi connectivity index (χ4v) is 4.45. The molecule has 2 aliphatic heterocycles. The maximum Gasteiger partial charge on any atom is 0.288 e. The molecule has 153 valence electrons. The Morgan fingerprint density at radius 2 is 2.14 bits per heavy atom. The van der Waals surface area contributed by atoms with Crippen molar-refractivity contribution in [2.24, 2.45) is 16.6 Å². The molecule has 1 saturated heterocycles. The molecule has 3 N–H and O–H groups in total. The number of hydrogen-bond acceptors (Lipinski definition) is 8. The highest BCUT2D eigenvalue weighted by Crippen LogP contribution is 2.21. The van der Waals surface area contributed by atoms with Crippen LogP contribution >= 0.6 is 0 Å². The molecule has 0 saturated carbocycles. The van der Waals surface area contributed by atoms with Crippen molar-refractivity contribution in [2.75, 3.05) is 13.1 Å². The van der Waals surface area contributed by atoms with Gasteiger partial charge >= 0.3 is 0 Å². The second-order valence-electron chi connectivity index (χ2n) is 6.63. The third-order valence-corrected chi connectivity index (χ3v) is 6.25. The maximum atomic E-state index is 13.1. The third kappa shape index (κ3) is 4.90. The molecule has 0 aromatic carbocycles. The van der Waals surface area contributed by atoms with E-state index in [1.54, 1.807) is 0 Å². The van der Waals surface area contributed by atoms with Crippen molar-refractivity contribution in [1.29, 1.82) is 0 Å². The summed E-state index contributed by atoms with van der Waals surface area (Å²) in [5, 5.41) is 2.09. The summed E-state index contributed by atoms with van der Waals surface area (Å²) in [5.74, 6) is -3.57. The molecular formula is C17H23N4O6S. The predicted octanol–water partition coefficient (Wildman–Crippen LogP) is -0.933. The van der Waals surface area contributed by atoms with Gasteiger partial charge in [-0.15, -0.1) is 0 Å². The van der Waals surface area contributed by atoms with Gasteiger partial charge in [-0.3, -0.25) is 19.2 Å². The Kier molecular flexibility index (Phi) is 7.19. The van der Waals surface area contributed by atoms with Crippen LogP contribution in [0.3, 0.4) is 0 Å². The van der Waals surface area contributed by atoms with Gasteiger partial charge in [-0.2, -0.15) is 8.42 Å². The van der Waals surface area contributed by atoms with E-state index in [0.29, 0.717) is 17.3 Å². The van der Waals surface area contributed by atoms with E-state index >= 15 is 0 Å². The maximum absolute atomic E-state index is 13.1. The van der Waals surface area contributed by atoms with Gasteiger partial charge < -0.3 is 11.1 Å². The summed E-state index contributed by atoms with van der Waals surface area (Å²) >= 11 is 0. The highest BCUT2D eigenvalue weighted by atomic mass is 32.2. The van der Waals surface area contributed by atoms with Crippen molar-refractivity contribution in [1.82, 2.24) is 9.62 Å². The van der Waals surface area contributed by atoms with Crippen molar-refractivity contribution in [3.63, 3.8) is 0 Å². The lowest BCUT2D eigenvalue weighted by molar-refractivity contribution is -0.131. The van der Waals surface area contributed by atoms with Gasteiger partial charge in [-0.25, -0.2) is 9.30 Å². The average Bonchev–Trinajstić information content (AvgIpc) is 2.84. The van der Waals surface area contributed by atoms with Gasteiger partial charge in [0.2, 0.25) is 16.9 Å². The molecule has 0 spiro atoms. The van der Waals surface area contributed by atoms with Crippen LogP contribution in [0, 0.1) is 12.3 Å². The first-order valence-corrected chi connectivity index (χ1v) is 10.3. The van der Waals surface area contributed by atoms with E-state index < -0.39 is 50.4 Å². The molecule has 11 heteroatoms. The van der Waals surface area contributed by atoms with Crippen LogP contribution in [0.4, 0.5) is 0 Å². The third-order valence-electron chi connectivity index (χ3n) is 4.48. The topological polar surface area (TPSA) is 156 Å². The van der Waals surface area contributed by atoms with Gasteiger partial charge in [0.1, 0.15) is 6.04 Å². The molecule has 2 heterocycles. The molecule has 2 atom stereocenters. The summed E-state index contributed by atoms with van der Waals surface area (Å²) < 4.78 is 26.7. The van der Waals surface area contributed by atoms with Crippen molar-refractivity contribution in [2.45, 2.75) is 38.6 Å². The number of nitrogens with zero attached hydrogens (tertiary/aromatic N) is 2. The van der Waals surface area contributed by atoms with Crippen molar-refractivity contribution in [3.05, 3.63) is 18.7 Å². The molecule has 0 bridgehead atoms. The molecule has 1 fully saturated rings. The minimum atomic E-state index is -4.65. The van der Waals surface area contributed by atoms with Gasteiger partial charge in [-0.05, 0) is 25.8 Å². The minimum Gasteiger partial charge on any atom is -0.369 e. The molecule has 10 nitrogen and oxygen atoms in total. The van der Waals surface area contributed by atoms with E-state index in [-0.39, 0.29) is 25.8 Å². The van der Waals surface area contributed by atoms with Crippen LogP contribution in [-0.4, -0.2) is 60.3 Å². The first-order valence-electron chi connectivity index (χ1n) is 8.86. The fourth-order valence-electron chi connectivity index (χ4n) is 2.83. The highest BCUT2D eigenvalue weighted by molar-refractivity contribution is 8.06. The smallest absolute Gasteiger partial charge is 0.288 e. The van der Waals surface area contributed by atoms with Crippen LogP contribution in [0.25, 0.3) is 0 Å². The Balaban J connectivity index is 2.40. The summed E-state index contributed by atoms with van der Waals surface area (Å²) in [6, 6.07) is -1.26. The van der Waals surface area contributed by atoms with Crippen LogP contribution in [0.5, 0.6) is 0 Å². The van der Waals surface area contributed by atoms with E-state index in [1.165, 1.54) is 19.2 Å². The van der Waals surface area contributed by atoms with Crippen LogP contribution in [0.15, 0.2) is 17.3 Å². The zero-order valence-electron chi connectivity index (χ0n) is 15.5. The van der Waals surface area contributed by atoms with Crippen molar-refractivity contribution in [3.8, 4) is 0 Å². The van der Waals surface area contributed by atoms with E-state index in [4.69, 9.17) is 5.73 Å². The number of rotatable bonds is 5. The van der Waals surface area contributed by atoms with Crippen LogP contribution in [-0.2, 0) is 29.2 Å². The van der Waals surface area contributed by atoms with E-state index in [2.05, 4.69) is 10.3 Å². The van der Waals surface area contributed by atoms with E-state index in [1.807, 2.05) is 0 Å². The molecular weight excluding hydrogens is 388 g/mol. The number of ketones is 2. The summed E-state index contributed by atoms with van der Waals surface area (Å²) in [6.45, 7) is 1.89. The number of carbonyl (C=O) groups is 4. The van der Waals surface area contributed by atoms with Crippen LogP contribution in [0.1, 0.15) is 32.6 Å². The summed E-state index contributed by atoms with van der Waals surface area (Å²) in [5.41, 5.74) is 5.17. The molecule has 2 amide bonds. The van der Waals surface area contributed by atoms with Crippen molar-refractivity contribution >= 4 is 38.4 Å². The van der Waals surface area contributed by atoms with Crippen molar-refractivity contribution < 1.29 is 27.6 Å². The number of nitrogens with two attached hydrogens (primary N) is 1. The zero-order chi connectivity index (χ0) is 20.9. The number of primary amides is 1. The first-order chi connectivity index (χ1) is 13.2. The molecule has 0 aliphatic carbocycles. The van der Waals surface area contributed by atoms with E-state index in [9.17, 15) is 27.6 Å². The summed E-state index contributed by atoms with van der Waals surface area (Å²) in [6.07, 6.45) is 3.90. The van der Waals surface area contributed by atoms with Gasteiger partial charge in [0.25, 0.3) is 10.0 Å². The fraction of sp³-hybridized carbons (Fsp3) is 0.529. The lowest BCUT2D eigenvalue weighted by Gasteiger charge is -2.29. The van der Waals surface area contributed by atoms with Gasteiger partial charge in [0.05, 0.1) is 13.0 Å². The molecule has 1 unspecified atom stereocenters. The number of amides is 2. The average molecular weight is 411 g/mol. The molecule has 28 heavy (non-hydrogen) atoms. The monoisotopic (exact) mass is 411 g/mol. The number of allylic oxidation sites excluding steroid dienone is 1. The van der Waals surface area contributed by atoms with Crippen LogP contribution < -0.4 is 11.1 Å². The molecule has 0 aromatic heterocycles. The van der Waals surface area contributed by atoms with Crippen LogP contribution in [0.2, 0.25) is 0 Å². The highest BCUT2D eigenvalue weighted by Gasteiger charge is 2.43. The Hall–Kier alpha value is -2.40. The minimum absolute atomic E-state index is 0.0953. The number of sulfonamides is 1. The standard InChI is InChI=1S/C17H23N4O6S/c1-11(16(18)25)6-7-15(24)21(12-4-2-8-19-10-14(12)23)28(26,27)17-13(22)5-3-9-20-17/h3,7,9,11-12,19H,2,4-6,8,10H2,1H3,(H2,18,25)/t11?,12-/m0/s1. The SMILES string of the molecule is CC(C[CH]C(=O)N([C@H]1CCCNCC1=O)S(=O)(=O)C1=NC=CCC1=O)C(N)=O. The Bertz CT molecular complexity index is 833. The first kappa shape index (κ1) is 21.9. The number of hydrogen-bond donors (Lipinski definition) is 2. The lowest BCUT2D eigenvalue weighted by Crippen LogP contribution is -2.53. The number of Topliss-reactive ketones (excluding diaryl/α,β-unsaturated/α-hetero) is 2. The molecule has 2 rings (SSSR count). The Labute approximate surface area is 163 Å². The largest absolute Gasteiger partial charge is 0.369 e.